The van der Waals surface area contributed by atoms with Crippen LogP contribution in [0.3, 0.4) is 0 Å². The maximum Gasteiger partial charge on any atom is 0.271 e. The number of carbonyl (C=O) groups is 1. The molecule has 0 aliphatic carbocycles. The summed E-state index contributed by atoms with van der Waals surface area (Å²) in [6, 6.07) is 13.3. The van der Waals surface area contributed by atoms with E-state index in [-0.39, 0.29) is 18.0 Å². The van der Waals surface area contributed by atoms with Gasteiger partial charge in [-0.3, -0.25) is 14.9 Å². The Morgan fingerprint density at radius 3 is 2.65 bits per heavy atom. The maximum atomic E-state index is 11.9. The molecule has 0 atom stereocenters. The van der Waals surface area contributed by atoms with E-state index in [1.165, 1.54) is 18.2 Å². The molecule has 2 aromatic rings. The Hall–Kier alpha value is -2.21. The monoisotopic (exact) mass is 334 g/mol. The molecule has 2 rings (SSSR count). The molecule has 20 heavy (non-hydrogen) atoms. The van der Waals surface area contributed by atoms with Crippen LogP contribution in [0.5, 0.6) is 0 Å². The van der Waals surface area contributed by atoms with Crippen LogP contribution in [0, 0.1) is 10.1 Å². The summed E-state index contributed by atoms with van der Waals surface area (Å²) in [5, 5.41) is 13.3. The lowest BCUT2D eigenvalue weighted by Crippen LogP contribution is -2.14. The third-order valence-electron chi connectivity index (χ3n) is 2.59. The summed E-state index contributed by atoms with van der Waals surface area (Å²) in [7, 11) is 0. The molecule has 0 aliphatic heterocycles. The fourth-order valence-corrected chi connectivity index (χ4v) is 2.18. The average molecular weight is 335 g/mol. The van der Waals surface area contributed by atoms with Crippen molar-refractivity contribution in [3.8, 4) is 0 Å². The van der Waals surface area contributed by atoms with Crippen LogP contribution in [0.1, 0.15) is 5.56 Å². The molecule has 5 nitrogen and oxygen atoms in total. The smallest absolute Gasteiger partial charge is 0.271 e. The standard InChI is InChI=1S/C14H11BrN2O3/c15-11-4-1-3-10(7-11)8-14(18)16-12-5-2-6-13(9-12)17(19)20/h1-7,9H,8H2,(H,16,18). The summed E-state index contributed by atoms with van der Waals surface area (Å²) in [5.41, 5.74) is 1.23. The Kier molecular flexibility index (Phi) is 4.47. The van der Waals surface area contributed by atoms with Gasteiger partial charge in [-0.2, -0.15) is 0 Å². The first-order valence-corrected chi connectivity index (χ1v) is 6.62. The highest BCUT2D eigenvalue weighted by molar-refractivity contribution is 9.10. The Labute approximate surface area is 123 Å². The van der Waals surface area contributed by atoms with Crippen molar-refractivity contribution in [2.24, 2.45) is 0 Å². The topological polar surface area (TPSA) is 72.2 Å². The number of hydrogen-bond acceptors (Lipinski definition) is 3. The highest BCUT2D eigenvalue weighted by Crippen LogP contribution is 2.18. The van der Waals surface area contributed by atoms with E-state index in [2.05, 4.69) is 21.2 Å². The first kappa shape index (κ1) is 14.2. The number of hydrogen-bond donors (Lipinski definition) is 1. The van der Waals surface area contributed by atoms with Gasteiger partial charge in [0.05, 0.1) is 11.3 Å². The van der Waals surface area contributed by atoms with Crippen molar-refractivity contribution in [2.75, 3.05) is 5.32 Å². The molecule has 0 aromatic heterocycles. The minimum Gasteiger partial charge on any atom is -0.326 e. The summed E-state index contributed by atoms with van der Waals surface area (Å²) in [5.74, 6) is -0.219. The van der Waals surface area contributed by atoms with Crippen molar-refractivity contribution in [2.45, 2.75) is 6.42 Å². The normalized spacial score (nSPS) is 10.1. The number of amides is 1. The van der Waals surface area contributed by atoms with Crippen LogP contribution in [0.15, 0.2) is 53.0 Å². The minimum atomic E-state index is -0.496. The van der Waals surface area contributed by atoms with E-state index in [0.717, 1.165) is 10.0 Å². The summed E-state index contributed by atoms with van der Waals surface area (Å²) >= 11 is 3.34. The number of nitrogens with one attached hydrogen (secondary N) is 1. The van der Waals surface area contributed by atoms with Gasteiger partial charge in [0.15, 0.2) is 0 Å². The highest BCUT2D eigenvalue weighted by Gasteiger charge is 2.08. The number of carbonyl (C=O) groups excluding carboxylic acids is 1. The van der Waals surface area contributed by atoms with Crippen LogP contribution < -0.4 is 5.32 Å². The molecule has 1 N–H and O–H groups in total. The Morgan fingerprint density at radius 1 is 1.20 bits per heavy atom. The van der Waals surface area contributed by atoms with Crippen molar-refractivity contribution >= 4 is 33.2 Å². The number of nitro groups is 1. The molecular weight excluding hydrogens is 324 g/mol. The van der Waals surface area contributed by atoms with Crippen LogP contribution in [0.2, 0.25) is 0 Å². The second-order valence-corrected chi connectivity index (χ2v) is 5.08. The summed E-state index contributed by atoms with van der Waals surface area (Å²) in [6.07, 6.45) is 0.210. The molecular formula is C14H11BrN2O3. The Bertz CT molecular complexity index is 658. The highest BCUT2D eigenvalue weighted by atomic mass is 79.9. The van der Waals surface area contributed by atoms with E-state index in [1.807, 2.05) is 24.3 Å². The van der Waals surface area contributed by atoms with Crippen molar-refractivity contribution in [3.63, 3.8) is 0 Å². The Morgan fingerprint density at radius 2 is 1.95 bits per heavy atom. The fraction of sp³-hybridized carbons (Fsp3) is 0.0714. The molecule has 0 fully saturated rings. The van der Waals surface area contributed by atoms with E-state index < -0.39 is 4.92 Å². The molecule has 2 aromatic carbocycles. The molecule has 0 spiro atoms. The summed E-state index contributed by atoms with van der Waals surface area (Å²) in [6.45, 7) is 0. The maximum absolute atomic E-state index is 11.9. The zero-order valence-corrected chi connectivity index (χ0v) is 12.0. The predicted molar refractivity (Wildman–Crippen MR) is 79.6 cm³/mol. The van der Waals surface area contributed by atoms with Crippen molar-refractivity contribution < 1.29 is 9.72 Å². The lowest BCUT2D eigenvalue weighted by molar-refractivity contribution is -0.384. The van der Waals surface area contributed by atoms with Gasteiger partial charge in [0.1, 0.15) is 0 Å². The molecule has 0 radical (unpaired) electrons. The molecule has 0 heterocycles. The predicted octanol–water partition coefficient (Wildman–Crippen LogP) is 3.54. The lowest BCUT2D eigenvalue weighted by Gasteiger charge is -2.05. The first-order chi connectivity index (χ1) is 9.54. The molecule has 102 valence electrons. The number of nitrogens with zero attached hydrogens (tertiary/aromatic N) is 1. The van der Waals surface area contributed by atoms with E-state index in [9.17, 15) is 14.9 Å². The second kappa shape index (κ2) is 6.29. The first-order valence-electron chi connectivity index (χ1n) is 5.83. The molecule has 0 bridgehead atoms. The van der Waals surface area contributed by atoms with Crippen LogP contribution in [-0.4, -0.2) is 10.8 Å². The number of halogens is 1. The van der Waals surface area contributed by atoms with Gasteiger partial charge >= 0.3 is 0 Å². The number of non-ortho nitro benzene ring substituents is 1. The molecule has 1 amide bonds. The van der Waals surface area contributed by atoms with Gasteiger partial charge < -0.3 is 5.32 Å². The van der Waals surface area contributed by atoms with Gasteiger partial charge in [-0.15, -0.1) is 0 Å². The van der Waals surface area contributed by atoms with Crippen LogP contribution in [0.25, 0.3) is 0 Å². The number of benzene rings is 2. The van der Waals surface area contributed by atoms with Crippen LogP contribution in [-0.2, 0) is 11.2 Å². The van der Waals surface area contributed by atoms with Crippen molar-refractivity contribution in [1.29, 1.82) is 0 Å². The minimum absolute atomic E-state index is 0.0507. The van der Waals surface area contributed by atoms with Gasteiger partial charge in [-0.1, -0.05) is 34.1 Å². The van der Waals surface area contributed by atoms with Crippen molar-refractivity contribution in [1.82, 2.24) is 0 Å². The largest absolute Gasteiger partial charge is 0.326 e. The zero-order chi connectivity index (χ0) is 14.5. The molecule has 6 heteroatoms. The van der Waals surface area contributed by atoms with Gasteiger partial charge in [0.25, 0.3) is 5.69 Å². The summed E-state index contributed by atoms with van der Waals surface area (Å²) in [4.78, 5) is 22.0. The second-order valence-electron chi connectivity index (χ2n) is 4.16. The van der Waals surface area contributed by atoms with E-state index in [4.69, 9.17) is 0 Å². The number of anilines is 1. The average Bonchev–Trinajstić information content (AvgIpc) is 2.38. The zero-order valence-electron chi connectivity index (χ0n) is 10.4. The molecule has 0 saturated heterocycles. The van der Waals surface area contributed by atoms with Crippen LogP contribution >= 0.6 is 15.9 Å². The number of nitro benzene ring substituents is 1. The summed E-state index contributed by atoms with van der Waals surface area (Å²) < 4.78 is 0.901. The van der Waals surface area contributed by atoms with Crippen molar-refractivity contribution in [3.05, 3.63) is 68.7 Å². The molecule has 0 unspecified atom stereocenters. The van der Waals surface area contributed by atoms with Gasteiger partial charge in [-0.05, 0) is 23.8 Å². The van der Waals surface area contributed by atoms with Crippen LogP contribution in [0.4, 0.5) is 11.4 Å². The quantitative estimate of drug-likeness (QED) is 0.686. The Balaban J connectivity index is 2.04. The van der Waals surface area contributed by atoms with E-state index >= 15 is 0 Å². The molecule has 0 saturated carbocycles. The third-order valence-corrected chi connectivity index (χ3v) is 3.09. The van der Waals surface area contributed by atoms with E-state index in [0.29, 0.717) is 5.69 Å². The SMILES string of the molecule is O=C(Cc1cccc(Br)c1)Nc1cccc([N+](=O)[O-])c1. The van der Waals surface area contributed by atoms with Gasteiger partial charge in [0, 0.05) is 22.3 Å². The number of rotatable bonds is 4. The lowest BCUT2D eigenvalue weighted by atomic mass is 10.1. The molecule has 0 aliphatic rings. The van der Waals surface area contributed by atoms with Gasteiger partial charge in [-0.25, -0.2) is 0 Å². The third kappa shape index (κ3) is 3.89. The van der Waals surface area contributed by atoms with E-state index in [1.54, 1.807) is 6.07 Å². The van der Waals surface area contributed by atoms with Gasteiger partial charge in [0.2, 0.25) is 5.91 Å². The fourth-order valence-electron chi connectivity index (χ4n) is 1.73.